The summed E-state index contributed by atoms with van der Waals surface area (Å²) < 4.78 is 6.50. The number of anilines is 1. The van der Waals surface area contributed by atoms with E-state index in [-0.39, 0.29) is 16.4 Å². The van der Waals surface area contributed by atoms with Crippen LogP contribution in [0.3, 0.4) is 0 Å². The number of thiazole rings is 1. The van der Waals surface area contributed by atoms with Crippen LogP contribution in [-0.2, 0) is 9.59 Å². The van der Waals surface area contributed by atoms with Crippen molar-refractivity contribution in [1.29, 1.82) is 0 Å². The Labute approximate surface area is 227 Å². The van der Waals surface area contributed by atoms with Crippen LogP contribution in [0.25, 0.3) is 16.0 Å². The molecular formula is C28H22Cl2N2O4S. The Morgan fingerprint density at radius 3 is 2.51 bits per heavy atom. The van der Waals surface area contributed by atoms with Crippen LogP contribution >= 0.6 is 34.5 Å². The fourth-order valence-corrected chi connectivity index (χ4v) is 5.63. The second-order valence-corrected chi connectivity index (χ2v) is 10.5. The second-order valence-electron chi connectivity index (χ2n) is 8.68. The molecule has 37 heavy (non-hydrogen) atoms. The van der Waals surface area contributed by atoms with Crippen molar-refractivity contribution in [3.8, 4) is 5.75 Å². The van der Waals surface area contributed by atoms with E-state index in [0.29, 0.717) is 39.2 Å². The lowest BCUT2D eigenvalue weighted by Crippen LogP contribution is -2.29. The molecule has 0 radical (unpaired) electrons. The first-order valence-electron chi connectivity index (χ1n) is 11.6. The molecule has 6 nitrogen and oxygen atoms in total. The Hall–Kier alpha value is -3.39. The normalized spacial score (nSPS) is 17.1. The van der Waals surface area contributed by atoms with E-state index in [4.69, 9.17) is 27.9 Å². The third-order valence-electron chi connectivity index (χ3n) is 6.04. The lowest BCUT2D eigenvalue weighted by Gasteiger charge is -2.23. The van der Waals surface area contributed by atoms with Crippen molar-refractivity contribution < 1.29 is 19.4 Å². The van der Waals surface area contributed by atoms with Gasteiger partial charge in [-0.05, 0) is 73.0 Å². The molecule has 1 amide bonds. The van der Waals surface area contributed by atoms with Gasteiger partial charge in [0.05, 0.1) is 38.5 Å². The summed E-state index contributed by atoms with van der Waals surface area (Å²) >= 11 is 13.8. The topological polar surface area (TPSA) is 79.7 Å². The van der Waals surface area contributed by atoms with Crippen molar-refractivity contribution in [3.63, 3.8) is 0 Å². The Morgan fingerprint density at radius 2 is 1.81 bits per heavy atom. The van der Waals surface area contributed by atoms with Gasteiger partial charge in [0.25, 0.3) is 5.78 Å². The minimum absolute atomic E-state index is 0.0546. The number of aromatic nitrogens is 1. The molecule has 1 N–H and O–H groups in total. The Bertz CT molecular complexity index is 1560. The Kier molecular flexibility index (Phi) is 6.94. The van der Waals surface area contributed by atoms with E-state index in [1.54, 1.807) is 42.5 Å². The number of halogens is 2. The Balaban J connectivity index is 1.67. The number of ether oxygens (including phenoxy) is 1. The summed E-state index contributed by atoms with van der Waals surface area (Å²) in [6, 6.07) is 16.4. The lowest BCUT2D eigenvalue weighted by molar-refractivity contribution is -0.132. The van der Waals surface area contributed by atoms with Gasteiger partial charge in [0, 0.05) is 5.56 Å². The van der Waals surface area contributed by atoms with Gasteiger partial charge in [-0.15, -0.1) is 0 Å². The van der Waals surface area contributed by atoms with Gasteiger partial charge >= 0.3 is 5.91 Å². The number of aliphatic hydroxyl groups excluding tert-OH is 1. The van der Waals surface area contributed by atoms with E-state index in [1.807, 2.05) is 32.0 Å². The number of amides is 1. The van der Waals surface area contributed by atoms with Crippen molar-refractivity contribution >= 4 is 67.3 Å². The molecule has 1 unspecified atom stereocenters. The quantitative estimate of drug-likeness (QED) is 0.154. The largest absolute Gasteiger partial charge is 0.507 e. The van der Waals surface area contributed by atoms with Gasteiger partial charge in [-0.3, -0.25) is 14.5 Å². The van der Waals surface area contributed by atoms with Crippen LogP contribution in [0.15, 0.2) is 66.2 Å². The average molecular weight is 553 g/mol. The molecule has 2 heterocycles. The van der Waals surface area contributed by atoms with Gasteiger partial charge in [-0.1, -0.05) is 53.6 Å². The van der Waals surface area contributed by atoms with E-state index in [0.717, 1.165) is 16.7 Å². The lowest BCUT2D eigenvalue weighted by atomic mass is 9.95. The molecule has 1 saturated heterocycles. The predicted molar refractivity (Wildman–Crippen MR) is 148 cm³/mol. The summed E-state index contributed by atoms with van der Waals surface area (Å²) in [5.41, 5.74) is 2.61. The molecule has 1 atom stereocenters. The zero-order chi connectivity index (χ0) is 26.3. The van der Waals surface area contributed by atoms with Crippen molar-refractivity contribution in [2.75, 3.05) is 11.5 Å². The molecule has 1 aliphatic rings. The minimum Gasteiger partial charge on any atom is -0.507 e. The van der Waals surface area contributed by atoms with Crippen LogP contribution in [0.4, 0.5) is 5.13 Å². The highest BCUT2D eigenvalue weighted by Gasteiger charge is 2.48. The number of Topliss-reactive ketones (excluding diaryl/α,β-unsaturated/α-hetero) is 1. The molecule has 0 bridgehead atoms. The molecule has 0 saturated carbocycles. The molecule has 188 valence electrons. The van der Waals surface area contributed by atoms with Crippen molar-refractivity contribution in [3.05, 3.63) is 93.0 Å². The smallest absolute Gasteiger partial charge is 0.301 e. The number of rotatable bonds is 6. The van der Waals surface area contributed by atoms with Gasteiger partial charge in [0.2, 0.25) is 0 Å². The van der Waals surface area contributed by atoms with Crippen LogP contribution < -0.4 is 9.64 Å². The molecule has 1 fully saturated rings. The summed E-state index contributed by atoms with van der Waals surface area (Å²) in [7, 11) is 0. The SMILES string of the molecule is CCCOc1ccc(C(O)=C2C(=O)C(=O)N(c3nc4ccc(C)cc4s3)C2c2ccc(Cl)c(Cl)c2)cc1. The maximum absolute atomic E-state index is 13.4. The predicted octanol–water partition coefficient (Wildman–Crippen LogP) is 7.33. The molecule has 1 aromatic heterocycles. The number of carbonyl (C=O) groups is 2. The van der Waals surface area contributed by atoms with Gasteiger partial charge in [-0.25, -0.2) is 4.98 Å². The number of fused-ring (bicyclic) bond motifs is 1. The highest BCUT2D eigenvalue weighted by molar-refractivity contribution is 7.22. The van der Waals surface area contributed by atoms with E-state index in [2.05, 4.69) is 4.98 Å². The maximum Gasteiger partial charge on any atom is 0.301 e. The first-order valence-corrected chi connectivity index (χ1v) is 13.2. The fourth-order valence-electron chi connectivity index (χ4n) is 4.23. The third-order valence-corrected chi connectivity index (χ3v) is 7.80. The molecule has 4 aromatic rings. The zero-order valence-corrected chi connectivity index (χ0v) is 22.3. The molecule has 0 spiro atoms. The summed E-state index contributed by atoms with van der Waals surface area (Å²) in [5, 5.41) is 12.3. The molecule has 5 rings (SSSR count). The van der Waals surface area contributed by atoms with Gasteiger partial charge in [0.15, 0.2) is 5.13 Å². The van der Waals surface area contributed by atoms with Crippen LogP contribution in [0.1, 0.15) is 36.1 Å². The number of aryl methyl sites for hydroxylation is 1. The van der Waals surface area contributed by atoms with Crippen molar-refractivity contribution in [1.82, 2.24) is 4.98 Å². The van der Waals surface area contributed by atoms with Crippen LogP contribution in [0, 0.1) is 6.92 Å². The number of benzene rings is 3. The van der Waals surface area contributed by atoms with E-state index < -0.39 is 17.7 Å². The Morgan fingerprint density at radius 1 is 1.05 bits per heavy atom. The van der Waals surface area contributed by atoms with E-state index in [1.165, 1.54) is 16.2 Å². The van der Waals surface area contributed by atoms with Crippen molar-refractivity contribution in [2.45, 2.75) is 26.3 Å². The first kappa shape index (κ1) is 25.3. The summed E-state index contributed by atoms with van der Waals surface area (Å²) in [6.45, 7) is 4.55. The number of hydrogen-bond acceptors (Lipinski definition) is 6. The van der Waals surface area contributed by atoms with Gasteiger partial charge < -0.3 is 9.84 Å². The second kappa shape index (κ2) is 10.2. The first-order chi connectivity index (χ1) is 17.8. The van der Waals surface area contributed by atoms with E-state index in [9.17, 15) is 14.7 Å². The summed E-state index contributed by atoms with van der Waals surface area (Å²) in [4.78, 5) is 32.8. The average Bonchev–Trinajstić information content (AvgIpc) is 3.42. The van der Waals surface area contributed by atoms with Gasteiger partial charge in [-0.2, -0.15) is 0 Å². The summed E-state index contributed by atoms with van der Waals surface area (Å²) in [6.07, 6.45) is 0.861. The standard InChI is InChI=1S/C28H22Cl2N2O4S/c1-3-12-36-18-8-5-16(6-9-18)25(33)23-24(17-7-10-19(29)20(30)14-17)32(27(35)26(23)34)28-31-21-11-4-15(2)13-22(21)37-28/h4-11,13-14,24,33H,3,12H2,1-2H3. The minimum atomic E-state index is -0.951. The van der Waals surface area contributed by atoms with Crippen molar-refractivity contribution in [2.24, 2.45) is 0 Å². The molecule has 3 aromatic carbocycles. The molecular weight excluding hydrogens is 531 g/mol. The number of nitrogens with zero attached hydrogens (tertiary/aromatic N) is 2. The van der Waals surface area contributed by atoms with Crippen LogP contribution in [0.2, 0.25) is 10.0 Å². The monoisotopic (exact) mass is 552 g/mol. The highest BCUT2D eigenvalue weighted by atomic mass is 35.5. The summed E-state index contributed by atoms with van der Waals surface area (Å²) in [5.74, 6) is -1.24. The van der Waals surface area contributed by atoms with E-state index >= 15 is 0 Å². The molecule has 9 heteroatoms. The number of carbonyl (C=O) groups excluding carboxylic acids is 2. The number of aliphatic hydroxyl groups is 1. The highest BCUT2D eigenvalue weighted by Crippen LogP contribution is 2.45. The molecule has 1 aliphatic heterocycles. The third kappa shape index (κ3) is 4.70. The van der Waals surface area contributed by atoms with Crippen LogP contribution in [0.5, 0.6) is 5.75 Å². The maximum atomic E-state index is 13.4. The molecule has 0 aliphatic carbocycles. The number of ketones is 1. The number of hydrogen-bond donors (Lipinski definition) is 1. The van der Waals surface area contributed by atoms with Gasteiger partial charge in [0.1, 0.15) is 11.5 Å². The fraction of sp³-hybridized carbons (Fsp3) is 0.179. The zero-order valence-electron chi connectivity index (χ0n) is 20.0. The van der Waals surface area contributed by atoms with Crippen LogP contribution in [-0.4, -0.2) is 28.4 Å².